The van der Waals surface area contributed by atoms with Crippen molar-refractivity contribution in [2.75, 3.05) is 11.9 Å². The van der Waals surface area contributed by atoms with Crippen LogP contribution in [-0.4, -0.2) is 16.5 Å². The molecule has 1 heterocycles. The van der Waals surface area contributed by atoms with Crippen molar-refractivity contribution in [2.45, 2.75) is 20.8 Å². The largest absolute Gasteiger partial charge is 0.370 e. The van der Waals surface area contributed by atoms with Crippen molar-refractivity contribution in [2.24, 2.45) is 5.92 Å². The molecule has 0 saturated carbocycles. The van der Waals surface area contributed by atoms with Crippen molar-refractivity contribution in [1.29, 1.82) is 0 Å². The van der Waals surface area contributed by atoms with Gasteiger partial charge in [0.15, 0.2) is 0 Å². The van der Waals surface area contributed by atoms with Crippen molar-refractivity contribution in [1.82, 2.24) is 9.97 Å². The van der Waals surface area contributed by atoms with E-state index < -0.39 is 0 Å². The SMILES string of the molecule is Cc1cc(NCC(C)C)nc(Cl)n1. The molecule has 0 aliphatic carbocycles. The Hall–Kier alpha value is -0.830. The number of hydrogen-bond donors (Lipinski definition) is 1. The second-order valence-corrected chi connectivity index (χ2v) is 3.78. The monoisotopic (exact) mass is 199 g/mol. The van der Waals surface area contributed by atoms with Gasteiger partial charge in [0.1, 0.15) is 5.82 Å². The van der Waals surface area contributed by atoms with Gasteiger partial charge in [-0.2, -0.15) is 0 Å². The van der Waals surface area contributed by atoms with Crippen molar-refractivity contribution in [3.63, 3.8) is 0 Å². The lowest BCUT2D eigenvalue weighted by Crippen LogP contribution is -2.09. The Morgan fingerprint density at radius 1 is 1.46 bits per heavy atom. The van der Waals surface area contributed by atoms with Crippen molar-refractivity contribution < 1.29 is 0 Å². The molecule has 0 atom stereocenters. The van der Waals surface area contributed by atoms with Crippen LogP contribution in [0.25, 0.3) is 0 Å². The summed E-state index contributed by atoms with van der Waals surface area (Å²) in [6, 6.07) is 1.88. The van der Waals surface area contributed by atoms with Crippen LogP contribution in [-0.2, 0) is 0 Å². The lowest BCUT2D eigenvalue weighted by molar-refractivity contribution is 0.686. The molecule has 4 heteroatoms. The van der Waals surface area contributed by atoms with E-state index in [0.717, 1.165) is 18.1 Å². The smallest absolute Gasteiger partial charge is 0.224 e. The van der Waals surface area contributed by atoms with Gasteiger partial charge in [-0.25, -0.2) is 9.97 Å². The van der Waals surface area contributed by atoms with Gasteiger partial charge in [-0.05, 0) is 24.4 Å². The molecule has 72 valence electrons. The summed E-state index contributed by atoms with van der Waals surface area (Å²) < 4.78 is 0. The first kappa shape index (κ1) is 10.3. The molecule has 0 fully saturated rings. The summed E-state index contributed by atoms with van der Waals surface area (Å²) in [5.74, 6) is 1.39. The Morgan fingerprint density at radius 3 is 2.69 bits per heavy atom. The normalized spacial score (nSPS) is 10.5. The zero-order valence-electron chi connectivity index (χ0n) is 8.13. The van der Waals surface area contributed by atoms with Crippen LogP contribution >= 0.6 is 11.6 Å². The molecule has 0 saturated heterocycles. The minimum absolute atomic E-state index is 0.297. The first-order chi connectivity index (χ1) is 6.08. The number of aryl methyl sites for hydroxylation is 1. The lowest BCUT2D eigenvalue weighted by Gasteiger charge is -2.08. The summed E-state index contributed by atoms with van der Waals surface area (Å²) >= 11 is 5.70. The highest BCUT2D eigenvalue weighted by atomic mass is 35.5. The number of aromatic nitrogens is 2. The summed E-state index contributed by atoms with van der Waals surface area (Å²) in [4.78, 5) is 8.02. The van der Waals surface area contributed by atoms with Crippen molar-refractivity contribution in [3.8, 4) is 0 Å². The molecule has 0 unspecified atom stereocenters. The Balaban J connectivity index is 2.66. The van der Waals surface area contributed by atoms with E-state index in [1.54, 1.807) is 0 Å². The third-order valence-corrected chi connectivity index (χ3v) is 1.69. The van der Waals surface area contributed by atoms with Gasteiger partial charge in [0.05, 0.1) is 0 Å². The van der Waals surface area contributed by atoms with E-state index in [1.807, 2.05) is 13.0 Å². The number of nitrogens with one attached hydrogen (secondary N) is 1. The van der Waals surface area contributed by atoms with E-state index in [9.17, 15) is 0 Å². The highest BCUT2D eigenvalue weighted by Crippen LogP contribution is 2.09. The summed E-state index contributed by atoms with van der Waals surface area (Å²) in [6.07, 6.45) is 0. The zero-order valence-corrected chi connectivity index (χ0v) is 8.89. The molecule has 0 aromatic carbocycles. The molecule has 0 amide bonds. The number of rotatable bonds is 3. The molecular weight excluding hydrogens is 186 g/mol. The Labute approximate surface area is 83.5 Å². The second-order valence-electron chi connectivity index (χ2n) is 3.44. The molecule has 1 N–H and O–H groups in total. The predicted octanol–water partition coefficient (Wildman–Crippen LogP) is 2.51. The topological polar surface area (TPSA) is 37.8 Å². The van der Waals surface area contributed by atoms with Crippen LogP contribution in [0.3, 0.4) is 0 Å². The van der Waals surface area contributed by atoms with Gasteiger partial charge in [0, 0.05) is 18.3 Å². The standard InChI is InChI=1S/C9H14ClN3/c1-6(2)5-11-8-4-7(3)12-9(10)13-8/h4,6H,5H2,1-3H3,(H,11,12,13). The zero-order chi connectivity index (χ0) is 9.84. The molecule has 0 bridgehead atoms. The molecule has 0 spiro atoms. The third-order valence-electron chi connectivity index (χ3n) is 1.52. The van der Waals surface area contributed by atoms with Crippen LogP contribution in [0.4, 0.5) is 5.82 Å². The third kappa shape index (κ3) is 3.59. The van der Waals surface area contributed by atoms with E-state index >= 15 is 0 Å². The van der Waals surface area contributed by atoms with Gasteiger partial charge >= 0.3 is 0 Å². The van der Waals surface area contributed by atoms with Crippen LogP contribution in [0, 0.1) is 12.8 Å². The summed E-state index contributed by atoms with van der Waals surface area (Å²) in [5, 5.41) is 3.49. The van der Waals surface area contributed by atoms with Gasteiger partial charge < -0.3 is 5.32 Å². The van der Waals surface area contributed by atoms with E-state index in [0.29, 0.717) is 11.2 Å². The fraction of sp³-hybridized carbons (Fsp3) is 0.556. The van der Waals surface area contributed by atoms with E-state index in [-0.39, 0.29) is 0 Å². The van der Waals surface area contributed by atoms with Gasteiger partial charge in [0.2, 0.25) is 5.28 Å². The van der Waals surface area contributed by atoms with E-state index in [4.69, 9.17) is 11.6 Å². The average molecular weight is 200 g/mol. The van der Waals surface area contributed by atoms with Crippen molar-refractivity contribution >= 4 is 17.4 Å². The molecule has 1 aromatic rings. The molecule has 0 aliphatic heterocycles. The Morgan fingerprint density at radius 2 is 2.15 bits per heavy atom. The highest BCUT2D eigenvalue weighted by molar-refractivity contribution is 6.28. The summed E-state index contributed by atoms with van der Waals surface area (Å²) in [7, 11) is 0. The minimum Gasteiger partial charge on any atom is -0.370 e. The Kier molecular flexibility index (Phi) is 3.48. The fourth-order valence-corrected chi connectivity index (χ4v) is 1.16. The number of anilines is 1. The molecule has 1 aromatic heterocycles. The average Bonchev–Trinajstić information content (AvgIpc) is 1.99. The highest BCUT2D eigenvalue weighted by Gasteiger charge is 1.99. The second kappa shape index (κ2) is 4.42. The summed E-state index contributed by atoms with van der Waals surface area (Å²) in [5.41, 5.74) is 0.881. The number of hydrogen-bond acceptors (Lipinski definition) is 3. The predicted molar refractivity (Wildman–Crippen MR) is 55.1 cm³/mol. The van der Waals surface area contributed by atoms with E-state index in [1.165, 1.54) is 0 Å². The van der Waals surface area contributed by atoms with Gasteiger partial charge in [0.25, 0.3) is 0 Å². The summed E-state index contributed by atoms with van der Waals surface area (Å²) in [6.45, 7) is 7.08. The first-order valence-electron chi connectivity index (χ1n) is 4.33. The molecule has 3 nitrogen and oxygen atoms in total. The van der Waals surface area contributed by atoms with Crippen molar-refractivity contribution in [3.05, 3.63) is 17.0 Å². The molecular formula is C9H14ClN3. The molecule has 1 rings (SSSR count). The maximum atomic E-state index is 5.70. The Bertz CT molecular complexity index is 266. The molecule has 0 radical (unpaired) electrons. The minimum atomic E-state index is 0.297. The first-order valence-corrected chi connectivity index (χ1v) is 4.71. The van der Waals surface area contributed by atoms with Crippen LogP contribution in [0.2, 0.25) is 5.28 Å². The van der Waals surface area contributed by atoms with Crippen LogP contribution in [0.5, 0.6) is 0 Å². The van der Waals surface area contributed by atoms with Crippen LogP contribution in [0.1, 0.15) is 19.5 Å². The van der Waals surface area contributed by atoms with Gasteiger partial charge in [-0.3, -0.25) is 0 Å². The lowest BCUT2D eigenvalue weighted by atomic mass is 10.2. The number of nitrogens with zero attached hydrogens (tertiary/aromatic N) is 2. The maximum absolute atomic E-state index is 5.70. The van der Waals surface area contributed by atoms with Crippen LogP contribution < -0.4 is 5.32 Å². The van der Waals surface area contributed by atoms with E-state index in [2.05, 4.69) is 29.1 Å². The number of halogens is 1. The van der Waals surface area contributed by atoms with Gasteiger partial charge in [-0.15, -0.1) is 0 Å². The van der Waals surface area contributed by atoms with Crippen LogP contribution in [0.15, 0.2) is 6.07 Å². The quantitative estimate of drug-likeness (QED) is 0.761. The molecule has 0 aliphatic rings. The van der Waals surface area contributed by atoms with Gasteiger partial charge in [-0.1, -0.05) is 13.8 Å². The molecule has 13 heavy (non-hydrogen) atoms. The fourth-order valence-electron chi connectivity index (χ4n) is 0.932. The maximum Gasteiger partial charge on any atom is 0.224 e.